The second-order valence-electron chi connectivity index (χ2n) is 5.12. The van der Waals surface area contributed by atoms with E-state index in [0.29, 0.717) is 0 Å². The summed E-state index contributed by atoms with van der Waals surface area (Å²) in [4.78, 5) is 8.04. The summed E-state index contributed by atoms with van der Waals surface area (Å²) in [6.45, 7) is 2.14. The first-order valence-electron chi connectivity index (χ1n) is 6.35. The average Bonchev–Trinajstić information content (AvgIpc) is 2.72. The van der Waals surface area contributed by atoms with Crippen molar-refractivity contribution < 1.29 is 0 Å². The third kappa shape index (κ3) is 2.06. The molecule has 94 valence electrons. The van der Waals surface area contributed by atoms with Crippen LogP contribution in [0.1, 0.15) is 18.4 Å². The van der Waals surface area contributed by atoms with Gasteiger partial charge < -0.3 is 10.2 Å². The lowest BCUT2D eigenvalue weighted by atomic mass is 9.99. The van der Waals surface area contributed by atoms with Crippen LogP contribution in [0.3, 0.4) is 0 Å². The first-order valence-corrected chi connectivity index (χ1v) is 6.76. The van der Waals surface area contributed by atoms with E-state index >= 15 is 0 Å². The van der Waals surface area contributed by atoms with Gasteiger partial charge in [0.15, 0.2) is 0 Å². The van der Waals surface area contributed by atoms with E-state index in [2.05, 4.69) is 29.4 Å². The zero-order valence-electron chi connectivity index (χ0n) is 10.5. The lowest BCUT2D eigenvalue weighted by Crippen LogP contribution is -2.49. The molecule has 1 N–H and O–H groups in total. The monoisotopic (exact) mass is 259 g/mol. The number of benzene rings is 1. The molecule has 1 spiro atoms. The molecule has 0 amide bonds. The predicted octanol–water partition coefficient (Wildman–Crippen LogP) is 1.83. The van der Waals surface area contributed by atoms with Crippen molar-refractivity contribution in [3.63, 3.8) is 0 Å². The lowest BCUT2D eigenvalue weighted by Gasteiger charge is -2.35. The molecule has 2 aliphatic heterocycles. The Morgan fingerprint density at radius 3 is 2.56 bits per heavy atom. The SMILES string of the molecule is CN1CCC2(CC1)N=C(c1ccccc1)C(=S)N2. The fourth-order valence-corrected chi connectivity index (χ4v) is 2.93. The normalized spacial score (nSPS) is 22.9. The van der Waals surface area contributed by atoms with E-state index in [1.165, 1.54) is 0 Å². The molecule has 0 aromatic heterocycles. The van der Waals surface area contributed by atoms with Gasteiger partial charge in [-0.15, -0.1) is 0 Å². The molecule has 0 atom stereocenters. The summed E-state index contributed by atoms with van der Waals surface area (Å²) >= 11 is 5.45. The van der Waals surface area contributed by atoms with Gasteiger partial charge in [0.25, 0.3) is 0 Å². The summed E-state index contributed by atoms with van der Waals surface area (Å²) in [7, 11) is 2.15. The Balaban J connectivity index is 1.90. The van der Waals surface area contributed by atoms with E-state index in [1.807, 2.05) is 18.2 Å². The first-order chi connectivity index (χ1) is 8.69. The molecule has 2 aliphatic rings. The van der Waals surface area contributed by atoms with Gasteiger partial charge in [0.1, 0.15) is 16.4 Å². The van der Waals surface area contributed by atoms with Crippen LogP contribution in [0.15, 0.2) is 35.3 Å². The topological polar surface area (TPSA) is 27.6 Å². The molecule has 3 nitrogen and oxygen atoms in total. The van der Waals surface area contributed by atoms with Crippen LogP contribution >= 0.6 is 12.2 Å². The van der Waals surface area contributed by atoms with Crippen LogP contribution in [0.2, 0.25) is 0 Å². The van der Waals surface area contributed by atoms with Gasteiger partial charge >= 0.3 is 0 Å². The van der Waals surface area contributed by atoms with Crippen LogP contribution in [-0.4, -0.2) is 41.4 Å². The Hall–Kier alpha value is -1.26. The highest BCUT2D eigenvalue weighted by Gasteiger charge is 2.39. The zero-order valence-corrected chi connectivity index (χ0v) is 11.3. The Morgan fingerprint density at radius 2 is 1.89 bits per heavy atom. The number of hydrogen-bond donors (Lipinski definition) is 1. The van der Waals surface area contributed by atoms with Crippen molar-refractivity contribution in [1.82, 2.24) is 10.2 Å². The quantitative estimate of drug-likeness (QED) is 0.780. The van der Waals surface area contributed by atoms with Gasteiger partial charge in [0.05, 0.1) is 0 Å². The highest BCUT2D eigenvalue weighted by atomic mass is 32.1. The van der Waals surface area contributed by atoms with E-state index in [1.54, 1.807) is 0 Å². The molecule has 0 aliphatic carbocycles. The van der Waals surface area contributed by atoms with E-state index < -0.39 is 0 Å². The molecule has 4 heteroatoms. The van der Waals surface area contributed by atoms with Crippen molar-refractivity contribution in [3.05, 3.63) is 35.9 Å². The number of hydrogen-bond acceptors (Lipinski definition) is 3. The molecule has 2 heterocycles. The molecule has 18 heavy (non-hydrogen) atoms. The molecule has 0 unspecified atom stereocenters. The minimum atomic E-state index is -0.144. The number of thiocarbonyl (C=S) groups is 1. The number of piperidine rings is 1. The smallest absolute Gasteiger partial charge is 0.133 e. The Kier molecular flexibility index (Phi) is 2.92. The predicted molar refractivity (Wildman–Crippen MR) is 78.2 cm³/mol. The van der Waals surface area contributed by atoms with Crippen molar-refractivity contribution in [2.24, 2.45) is 4.99 Å². The van der Waals surface area contributed by atoms with Crippen molar-refractivity contribution in [2.45, 2.75) is 18.5 Å². The summed E-state index contributed by atoms with van der Waals surface area (Å²) in [5, 5.41) is 3.44. The van der Waals surface area contributed by atoms with Gasteiger partial charge in [-0.3, -0.25) is 4.99 Å². The van der Waals surface area contributed by atoms with E-state index in [-0.39, 0.29) is 5.66 Å². The Morgan fingerprint density at radius 1 is 1.22 bits per heavy atom. The molecular formula is C14H17N3S. The summed E-state index contributed by atoms with van der Waals surface area (Å²) in [6.07, 6.45) is 2.06. The fourth-order valence-electron chi connectivity index (χ4n) is 2.58. The van der Waals surface area contributed by atoms with Crippen molar-refractivity contribution >= 4 is 22.9 Å². The maximum atomic E-state index is 5.45. The van der Waals surface area contributed by atoms with Crippen molar-refractivity contribution in [3.8, 4) is 0 Å². The molecule has 3 rings (SSSR count). The number of nitrogens with zero attached hydrogens (tertiary/aromatic N) is 2. The summed E-state index contributed by atoms with van der Waals surface area (Å²) in [5.74, 6) is 0. The zero-order chi connectivity index (χ0) is 12.6. The summed E-state index contributed by atoms with van der Waals surface area (Å²) < 4.78 is 0. The van der Waals surface area contributed by atoms with Crippen LogP contribution in [-0.2, 0) is 0 Å². The van der Waals surface area contributed by atoms with Crippen LogP contribution in [0.4, 0.5) is 0 Å². The third-order valence-electron chi connectivity index (χ3n) is 3.75. The maximum Gasteiger partial charge on any atom is 0.133 e. The van der Waals surface area contributed by atoms with Gasteiger partial charge in [-0.1, -0.05) is 42.5 Å². The van der Waals surface area contributed by atoms with Crippen LogP contribution in [0, 0.1) is 0 Å². The maximum absolute atomic E-state index is 5.45. The third-order valence-corrected chi connectivity index (χ3v) is 4.04. The van der Waals surface area contributed by atoms with Gasteiger partial charge in [0, 0.05) is 31.5 Å². The molecule has 1 saturated heterocycles. The fraction of sp³-hybridized carbons (Fsp3) is 0.429. The minimum Gasteiger partial charge on any atom is -0.350 e. The standard InChI is InChI=1S/C14H17N3S/c1-17-9-7-14(8-10-17)15-12(13(18)16-14)11-5-3-2-4-6-11/h2-6H,7-10H2,1H3,(H,16,18). The minimum absolute atomic E-state index is 0.144. The average molecular weight is 259 g/mol. The second-order valence-corrected chi connectivity index (χ2v) is 5.52. The number of aliphatic imine (C=N–C) groups is 1. The molecule has 1 aromatic rings. The molecule has 1 aromatic carbocycles. The van der Waals surface area contributed by atoms with Gasteiger partial charge in [-0.2, -0.15) is 0 Å². The first kappa shape index (κ1) is 11.8. The van der Waals surface area contributed by atoms with Crippen LogP contribution in [0.5, 0.6) is 0 Å². The second kappa shape index (κ2) is 4.44. The molecular weight excluding hydrogens is 242 g/mol. The Labute approximate surface area is 113 Å². The van der Waals surface area contributed by atoms with Gasteiger partial charge in [0.2, 0.25) is 0 Å². The van der Waals surface area contributed by atoms with Crippen LogP contribution < -0.4 is 5.32 Å². The molecule has 0 bridgehead atoms. The number of nitrogens with one attached hydrogen (secondary N) is 1. The van der Waals surface area contributed by atoms with Crippen molar-refractivity contribution in [2.75, 3.05) is 20.1 Å². The molecule has 0 radical (unpaired) electrons. The van der Waals surface area contributed by atoms with E-state index in [0.717, 1.165) is 42.2 Å². The van der Waals surface area contributed by atoms with Crippen LogP contribution in [0.25, 0.3) is 0 Å². The highest BCUT2D eigenvalue weighted by Crippen LogP contribution is 2.28. The number of rotatable bonds is 1. The lowest BCUT2D eigenvalue weighted by molar-refractivity contribution is 0.185. The summed E-state index contributed by atoms with van der Waals surface area (Å²) in [5.41, 5.74) is 1.93. The number of likely N-dealkylation sites (tertiary alicyclic amines) is 1. The molecule has 0 saturated carbocycles. The van der Waals surface area contributed by atoms with Gasteiger partial charge in [-0.05, 0) is 7.05 Å². The van der Waals surface area contributed by atoms with E-state index in [4.69, 9.17) is 17.2 Å². The largest absolute Gasteiger partial charge is 0.350 e. The summed E-state index contributed by atoms with van der Waals surface area (Å²) in [6, 6.07) is 10.2. The van der Waals surface area contributed by atoms with Gasteiger partial charge in [-0.25, -0.2) is 0 Å². The van der Waals surface area contributed by atoms with Crippen molar-refractivity contribution in [1.29, 1.82) is 0 Å². The molecule has 1 fully saturated rings. The van der Waals surface area contributed by atoms with E-state index in [9.17, 15) is 0 Å². The highest BCUT2D eigenvalue weighted by molar-refractivity contribution is 7.82. The Bertz CT molecular complexity index is 487.